The maximum Gasteiger partial charge on any atom is 0.268 e. The highest BCUT2D eigenvalue weighted by Gasteiger charge is 2.30. The van der Waals surface area contributed by atoms with Crippen LogP contribution in [0.3, 0.4) is 0 Å². The zero-order chi connectivity index (χ0) is 18.7. The van der Waals surface area contributed by atoms with Crippen LogP contribution in [0.4, 0.5) is 5.69 Å². The molecule has 0 radical (unpaired) electrons. The van der Waals surface area contributed by atoms with Crippen molar-refractivity contribution in [3.8, 4) is 11.5 Å². The van der Waals surface area contributed by atoms with E-state index in [1.54, 1.807) is 38.6 Å². The fourth-order valence-corrected chi connectivity index (χ4v) is 2.86. The molecule has 0 spiro atoms. The van der Waals surface area contributed by atoms with E-state index in [1.165, 1.54) is 0 Å². The molecule has 1 unspecified atom stereocenters. The molecule has 2 heterocycles. The quantitative estimate of drug-likeness (QED) is 0.857. The molecule has 1 aliphatic heterocycles. The number of methoxy groups -OCH3 is 2. The highest BCUT2D eigenvalue weighted by atomic mass is 16.6. The number of rotatable bonds is 6. The summed E-state index contributed by atoms with van der Waals surface area (Å²) in [5.74, 6) is 0.866. The Morgan fingerprint density at radius 1 is 1.35 bits per heavy atom. The van der Waals surface area contributed by atoms with Crippen LogP contribution in [-0.2, 0) is 16.2 Å². The number of hydrogen-bond acceptors (Lipinski definition) is 6. The lowest BCUT2D eigenvalue weighted by Gasteiger charge is -2.12. The summed E-state index contributed by atoms with van der Waals surface area (Å²) in [6.45, 7) is 4.78. The molecule has 0 saturated carbocycles. The lowest BCUT2D eigenvalue weighted by Crippen LogP contribution is -2.28. The van der Waals surface area contributed by atoms with Gasteiger partial charge in [0.05, 0.1) is 26.1 Å². The van der Waals surface area contributed by atoms with Crippen LogP contribution in [0.15, 0.2) is 29.6 Å². The minimum Gasteiger partial charge on any atom is -0.493 e. The molecule has 1 aliphatic rings. The van der Waals surface area contributed by atoms with E-state index in [-0.39, 0.29) is 5.91 Å². The largest absolute Gasteiger partial charge is 0.493 e. The predicted octanol–water partition coefficient (Wildman–Crippen LogP) is 2.36. The second-order valence-corrected chi connectivity index (χ2v) is 5.85. The minimum absolute atomic E-state index is 0.267. The number of nitrogens with one attached hydrogen (secondary N) is 1. The summed E-state index contributed by atoms with van der Waals surface area (Å²) in [5.41, 5.74) is 3.25. The first kappa shape index (κ1) is 17.8. The fraction of sp³-hybridized carbons (Fsp3) is 0.389. The monoisotopic (exact) mass is 358 g/mol. The van der Waals surface area contributed by atoms with E-state index < -0.39 is 6.10 Å². The van der Waals surface area contributed by atoms with Crippen LogP contribution >= 0.6 is 0 Å². The van der Waals surface area contributed by atoms with Crippen molar-refractivity contribution in [2.75, 3.05) is 19.5 Å². The molecule has 8 nitrogen and oxygen atoms in total. The normalized spacial score (nSPS) is 16.0. The van der Waals surface area contributed by atoms with E-state index in [1.807, 2.05) is 18.5 Å². The number of ether oxygens (including phenoxy) is 2. The molecule has 1 aromatic heterocycles. The van der Waals surface area contributed by atoms with Crippen LogP contribution in [0, 0.1) is 6.92 Å². The van der Waals surface area contributed by atoms with Crippen LogP contribution in [-0.4, -0.2) is 41.7 Å². The molecule has 0 aliphatic carbocycles. The third-order valence-electron chi connectivity index (χ3n) is 4.33. The Labute approximate surface area is 151 Å². The van der Waals surface area contributed by atoms with Gasteiger partial charge >= 0.3 is 0 Å². The summed E-state index contributed by atoms with van der Waals surface area (Å²) in [4.78, 5) is 17.8. The van der Waals surface area contributed by atoms with E-state index >= 15 is 0 Å². The van der Waals surface area contributed by atoms with Gasteiger partial charge in [-0.25, -0.2) is 0 Å². The van der Waals surface area contributed by atoms with Crippen molar-refractivity contribution in [2.24, 2.45) is 5.16 Å². The zero-order valence-electron chi connectivity index (χ0n) is 15.3. The summed E-state index contributed by atoms with van der Waals surface area (Å²) in [6, 6.07) is 5.17. The van der Waals surface area contributed by atoms with Gasteiger partial charge in [-0.05, 0) is 26.0 Å². The lowest BCUT2D eigenvalue weighted by atomic mass is 10.1. The number of hydrogen-bond donors (Lipinski definition) is 1. The number of anilines is 1. The molecule has 0 saturated heterocycles. The number of carbonyl (C=O) groups excluding carboxylic acids is 1. The highest BCUT2D eigenvalue weighted by molar-refractivity contribution is 6.06. The molecule has 0 bridgehead atoms. The minimum atomic E-state index is -0.678. The van der Waals surface area contributed by atoms with Gasteiger partial charge in [0, 0.05) is 36.0 Å². The molecular formula is C18H22N4O4. The number of aromatic nitrogens is 2. The van der Waals surface area contributed by atoms with Gasteiger partial charge < -0.3 is 19.6 Å². The third-order valence-corrected chi connectivity index (χ3v) is 4.33. The van der Waals surface area contributed by atoms with E-state index in [4.69, 9.17) is 14.3 Å². The zero-order valence-corrected chi connectivity index (χ0v) is 15.3. The predicted molar refractivity (Wildman–Crippen MR) is 96.8 cm³/mol. The Balaban J connectivity index is 1.66. The Kier molecular flexibility index (Phi) is 5.11. The van der Waals surface area contributed by atoms with E-state index in [2.05, 4.69) is 15.6 Å². The molecule has 8 heteroatoms. The molecule has 1 N–H and O–H groups in total. The first-order valence-electron chi connectivity index (χ1n) is 8.35. The van der Waals surface area contributed by atoms with Gasteiger partial charge in [0.15, 0.2) is 11.5 Å². The molecule has 0 fully saturated rings. The maximum absolute atomic E-state index is 12.5. The Bertz CT molecular complexity index is 844. The second-order valence-electron chi connectivity index (χ2n) is 5.85. The number of carbonyl (C=O) groups is 1. The highest BCUT2D eigenvalue weighted by Crippen LogP contribution is 2.30. The third kappa shape index (κ3) is 3.35. The Morgan fingerprint density at radius 3 is 2.77 bits per heavy atom. The summed E-state index contributed by atoms with van der Waals surface area (Å²) >= 11 is 0. The summed E-state index contributed by atoms with van der Waals surface area (Å²) in [7, 11) is 3.10. The summed E-state index contributed by atoms with van der Waals surface area (Å²) in [5, 5.41) is 11.2. The smallest absolute Gasteiger partial charge is 0.268 e. The van der Waals surface area contributed by atoms with Crippen molar-refractivity contribution in [3.63, 3.8) is 0 Å². The van der Waals surface area contributed by atoms with Crippen LogP contribution in [0.5, 0.6) is 11.5 Å². The van der Waals surface area contributed by atoms with Crippen molar-refractivity contribution < 1.29 is 19.1 Å². The van der Waals surface area contributed by atoms with Crippen molar-refractivity contribution >= 4 is 17.3 Å². The standard InChI is InChI=1S/C18H22N4O4/c1-5-22-11(2)13(10-19-22)14-9-17(26-21-14)18(23)20-12-6-7-15(24-3)16(8-12)25-4/h6-8,10,17H,5,9H2,1-4H3,(H,20,23). The second kappa shape index (κ2) is 7.47. The Hall–Kier alpha value is -3.03. The summed E-state index contributed by atoms with van der Waals surface area (Å²) < 4.78 is 12.3. The maximum atomic E-state index is 12.5. The first-order valence-corrected chi connectivity index (χ1v) is 8.35. The van der Waals surface area contributed by atoms with Gasteiger partial charge in [0.25, 0.3) is 5.91 Å². The van der Waals surface area contributed by atoms with Gasteiger partial charge in [0.2, 0.25) is 6.10 Å². The number of aryl methyl sites for hydroxylation is 1. The molecule has 1 amide bonds. The topological polar surface area (TPSA) is 87.0 Å². The van der Waals surface area contributed by atoms with Crippen molar-refractivity contribution in [1.82, 2.24) is 9.78 Å². The molecule has 138 valence electrons. The van der Waals surface area contributed by atoms with Crippen LogP contribution < -0.4 is 14.8 Å². The van der Waals surface area contributed by atoms with Crippen molar-refractivity contribution in [2.45, 2.75) is 32.9 Å². The number of oxime groups is 1. The average Bonchev–Trinajstić information content (AvgIpc) is 3.28. The van der Waals surface area contributed by atoms with Crippen LogP contribution in [0.1, 0.15) is 24.6 Å². The van der Waals surface area contributed by atoms with Crippen molar-refractivity contribution in [1.29, 1.82) is 0 Å². The van der Waals surface area contributed by atoms with Crippen LogP contribution in [0.2, 0.25) is 0 Å². The Morgan fingerprint density at radius 2 is 2.12 bits per heavy atom. The molecule has 26 heavy (non-hydrogen) atoms. The van der Waals surface area contributed by atoms with Gasteiger partial charge in [-0.15, -0.1) is 0 Å². The number of benzene rings is 1. The van der Waals surface area contributed by atoms with Crippen molar-refractivity contribution in [3.05, 3.63) is 35.7 Å². The molecule has 1 atom stereocenters. The van der Waals surface area contributed by atoms with Gasteiger partial charge in [-0.2, -0.15) is 5.10 Å². The van der Waals surface area contributed by atoms with Gasteiger partial charge in [-0.1, -0.05) is 5.16 Å². The lowest BCUT2D eigenvalue weighted by molar-refractivity contribution is -0.125. The first-order chi connectivity index (χ1) is 12.6. The average molecular weight is 358 g/mol. The number of nitrogens with zero attached hydrogens (tertiary/aromatic N) is 3. The van der Waals surface area contributed by atoms with E-state index in [9.17, 15) is 4.79 Å². The molecule has 1 aromatic carbocycles. The molecule has 3 rings (SSSR count). The van der Waals surface area contributed by atoms with E-state index in [0.29, 0.717) is 23.6 Å². The van der Waals surface area contributed by atoms with Crippen LogP contribution in [0.25, 0.3) is 0 Å². The summed E-state index contributed by atoms with van der Waals surface area (Å²) in [6.07, 6.45) is 1.48. The molecular weight excluding hydrogens is 336 g/mol. The number of amides is 1. The van der Waals surface area contributed by atoms with E-state index in [0.717, 1.165) is 23.5 Å². The van der Waals surface area contributed by atoms with Gasteiger partial charge in [0.1, 0.15) is 0 Å². The fourth-order valence-electron chi connectivity index (χ4n) is 2.86. The SMILES string of the molecule is CCn1ncc(C2=NOC(C(=O)Nc3ccc(OC)c(OC)c3)C2)c1C. The molecule has 2 aromatic rings. The van der Waals surface area contributed by atoms with Gasteiger partial charge in [-0.3, -0.25) is 9.48 Å².